The Labute approximate surface area is 109 Å². The van der Waals surface area contributed by atoms with Crippen molar-refractivity contribution in [1.29, 1.82) is 0 Å². The average Bonchev–Trinajstić information content (AvgIpc) is 2.73. The molecular weight excluding hydrogens is 248 g/mol. The first kappa shape index (κ1) is 11.1. The van der Waals surface area contributed by atoms with E-state index >= 15 is 0 Å². The zero-order valence-corrected chi connectivity index (χ0v) is 10.3. The van der Waals surface area contributed by atoms with Crippen LogP contribution in [0.2, 0.25) is 5.02 Å². The van der Waals surface area contributed by atoms with Crippen molar-refractivity contribution in [3.63, 3.8) is 0 Å². The van der Waals surface area contributed by atoms with Crippen LogP contribution in [-0.2, 0) is 6.42 Å². The van der Waals surface area contributed by atoms with Crippen LogP contribution in [0.15, 0.2) is 48.8 Å². The van der Waals surface area contributed by atoms with E-state index in [1.165, 1.54) is 0 Å². The van der Waals surface area contributed by atoms with Gasteiger partial charge in [0.25, 0.3) is 0 Å². The predicted octanol–water partition coefficient (Wildman–Crippen LogP) is 3.28. The van der Waals surface area contributed by atoms with E-state index in [2.05, 4.69) is 4.98 Å². The Balaban J connectivity index is 1.92. The summed E-state index contributed by atoms with van der Waals surface area (Å²) in [5.74, 6) is 0.278. The van der Waals surface area contributed by atoms with Gasteiger partial charge in [0.05, 0.1) is 10.7 Å². The highest BCUT2D eigenvalue weighted by molar-refractivity contribution is 6.30. The van der Waals surface area contributed by atoms with Gasteiger partial charge in [0.1, 0.15) is 11.4 Å². The van der Waals surface area contributed by atoms with Crippen LogP contribution in [0.25, 0.3) is 5.65 Å². The van der Waals surface area contributed by atoms with E-state index in [-0.39, 0.29) is 5.75 Å². The molecule has 4 heteroatoms. The lowest BCUT2D eigenvalue weighted by atomic mass is 10.1. The molecule has 0 fully saturated rings. The van der Waals surface area contributed by atoms with Crippen molar-refractivity contribution in [3.8, 4) is 5.75 Å². The lowest BCUT2D eigenvalue weighted by Crippen LogP contribution is -1.87. The van der Waals surface area contributed by atoms with Crippen LogP contribution in [0, 0.1) is 0 Å². The van der Waals surface area contributed by atoms with Crippen molar-refractivity contribution in [3.05, 3.63) is 65.1 Å². The number of phenolic OH excluding ortho intramolecular Hbond substituents is 1. The molecule has 0 atom stereocenters. The van der Waals surface area contributed by atoms with E-state index in [9.17, 15) is 5.11 Å². The summed E-state index contributed by atoms with van der Waals surface area (Å²) in [6.07, 6.45) is 4.54. The monoisotopic (exact) mass is 258 g/mol. The fraction of sp³-hybridized carbons (Fsp3) is 0.0714. The molecule has 0 radical (unpaired) electrons. The number of hydrogen-bond acceptors (Lipinski definition) is 2. The normalized spacial score (nSPS) is 10.9. The molecule has 0 aliphatic heterocycles. The molecule has 0 unspecified atom stereocenters. The number of aromatic hydroxyl groups is 1. The Bertz CT molecular complexity index is 689. The van der Waals surface area contributed by atoms with Crippen LogP contribution < -0.4 is 0 Å². The van der Waals surface area contributed by atoms with E-state index in [4.69, 9.17) is 11.6 Å². The molecule has 3 nitrogen and oxygen atoms in total. The maximum atomic E-state index is 9.23. The number of imidazole rings is 1. The van der Waals surface area contributed by atoms with Crippen LogP contribution in [0.4, 0.5) is 0 Å². The molecule has 3 aromatic rings. The Hall–Kier alpha value is -2.00. The van der Waals surface area contributed by atoms with Crippen molar-refractivity contribution in [2.24, 2.45) is 0 Å². The number of nitrogens with zero attached hydrogens (tertiary/aromatic N) is 2. The molecule has 0 aliphatic rings. The Morgan fingerprint density at radius 3 is 2.61 bits per heavy atom. The Morgan fingerprint density at radius 1 is 1.06 bits per heavy atom. The molecule has 0 bridgehead atoms. The van der Waals surface area contributed by atoms with Crippen molar-refractivity contribution in [2.75, 3.05) is 0 Å². The van der Waals surface area contributed by atoms with Gasteiger partial charge in [-0.25, -0.2) is 4.98 Å². The van der Waals surface area contributed by atoms with Crippen LogP contribution in [-0.4, -0.2) is 14.5 Å². The summed E-state index contributed by atoms with van der Waals surface area (Å²) in [7, 11) is 0. The summed E-state index contributed by atoms with van der Waals surface area (Å²) in [4.78, 5) is 4.51. The fourth-order valence-corrected chi connectivity index (χ4v) is 2.09. The molecule has 90 valence electrons. The van der Waals surface area contributed by atoms with Crippen LogP contribution in [0.1, 0.15) is 11.3 Å². The van der Waals surface area contributed by atoms with Gasteiger partial charge in [-0.3, -0.25) is 0 Å². The standard InChI is InChI=1S/C14H11ClN2O/c15-11-3-6-14-16-12(9-17(14)8-11)7-10-1-4-13(18)5-2-10/h1-6,8-9,18H,7H2. The summed E-state index contributed by atoms with van der Waals surface area (Å²) in [6, 6.07) is 10.9. The topological polar surface area (TPSA) is 37.5 Å². The molecule has 0 saturated heterocycles. The van der Waals surface area contributed by atoms with Gasteiger partial charge < -0.3 is 9.51 Å². The van der Waals surface area contributed by atoms with Gasteiger partial charge in [-0.15, -0.1) is 0 Å². The quantitative estimate of drug-likeness (QED) is 0.766. The third kappa shape index (κ3) is 2.17. The number of rotatable bonds is 2. The molecule has 2 heterocycles. The predicted molar refractivity (Wildman–Crippen MR) is 71.1 cm³/mol. The molecule has 0 spiro atoms. The average molecular weight is 259 g/mol. The highest BCUT2D eigenvalue weighted by Crippen LogP contribution is 2.16. The number of halogens is 1. The Kier molecular flexibility index (Phi) is 2.68. The number of phenols is 1. The van der Waals surface area contributed by atoms with Gasteiger partial charge >= 0.3 is 0 Å². The van der Waals surface area contributed by atoms with E-state index in [1.807, 2.05) is 41.1 Å². The second-order valence-corrected chi connectivity index (χ2v) is 4.62. The van der Waals surface area contributed by atoms with Crippen molar-refractivity contribution < 1.29 is 5.11 Å². The van der Waals surface area contributed by atoms with Gasteiger partial charge in [0.2, 0.25) is 0 Å². The molecule has 0 aliphatic carbocycles. The fourth-order valence-electron chi connectivity index (χ4n) is 1.93. The van der Waals surface area contributed by atoms with Gasteiger partial charge in [-0.1, -0.05) is 23.7 Å². The highest BCUT2D eigenvalue weighted by atomic mass is 35.5. The highest BCUT2D eigenvalue weighted by Gasteiger charge is 2.03. The van der Waals surface area contributed by atoms with Crippen molar-refractivity contribution >= 4 is 17.2 Å². The molecule has 1 aromatic carbocycles. The SMILES string of the molecule is Oc1ccc(Cc2cn3cc(Cl)ccc3n2)cc1. The number of hydrogen-bond donors (Lipinski definition) is 1. The summed E-state index contributed by atoms with van der Waals surface area (Å²) >= 11 is 5.93. The molecule has 2 aromatic heterocycles. The van der Waals surface area contributed by atoms with E-state index in [1.54, 1.807) is 12.1 Å². The number of aromatic nitrogens is 2. The van der Waals surface area contributed by atoms with Crippen LogP contribution in [0.5, 0.6) is 5.75 Å². The minimum Gasteiger partial charge on any atom is -0.508 e. The van der Waals surface area contributed by atoms with E-state index < -0.39 is 0 Å². The van der Waals surface area contributed by atoms with Gasteiger partial charge in [0.15, 0.2) is 0 Å². The maximum Gasteiger partial charge on any atom is 0.137 e. The molecule has 18 heavy (non-hydrogen) atoms. The number of pyridine rings is 1. The summed E-state index contributed by atoms with van der Waals surface area (Å²) in [6.45, 7) is 0. The molecule has 3 rings (SSSR count). The minimum atomic E-state index is 0.278. The maximum absolute atomic E-state index is 9.23. The zero-order valence-electron chi connectivity index (χ0n) is 9.55. The smallest absolute Gasteiger partial charge is 0.137 e. The Morgan fingerprint density at radius 2 is 1.83 bits per heavy atom. The van der Waals surface area contributed by atoms with Gasteiger partial charge in [-0.05, 0) is 29.8 Å². The summed E-state index contributed by atoms with van der Waals surface area (Å²) in [5.41, 5.74) is 2.97. The van der Waals surface area contributed by atoms with E-state index in [0.717, 1.165) is 23.3 Å². The van der Waals surface area contributed by atoms with Crippen molar-refractivity contribution in [2.45, 2.75) is 6.42 Å². The second-order valence-electron chi connectivity index (χ2n) is 4.19. The zero-order chi connectivity index (χ0) is 12.5. The summed E-state index contributed by atoms with van der Waals surface area (Å²) < 4.78 is 1.91. The number of fused-ring (bicyclic) bond motifs is 1. The van der Waals surface area contributed by atoms with Gasteiger partial charge in [0, 0.05) is 18.8 Å². The van der Waals surface area contributed by atoms with Crippen LogP contribution in [0.3, 0.4) is 0 Å². The van der Waals surface area contributed by atoms with Crippen molar-refractivity contribution in [1.82, 2.24) is 9.38 Å². The van der Waals surface area contributed by atoms with Gasteiger partial charge in [-0.2, -0.15) is 0 Å². The number of benzene rings is 1. The van der Waals surface area contributed by atoms with E-state index in [0.29, 0.717) is 5.02 Å². The first-order chi connectivity index (χ1) is 8.70. The molecular formula is C14H11ClN2O. The first-order valence-electron chi connectivity index (χ1n) is 5.62. The minimum absolute atomic E-state index is 0.278. The third-order valence-corrected chi connectivity index (χ3v) is 3.01. The largest absolute Gasteiger partial charge is 0.508 e. The molecule has 0 saturated carbocycles. The lowest BCUT2D eigenvalue weighted by Gasteiger charge is -1.97. The second kappa shape index (κ2) is 4.35. The molecule has 0 amide bonds. The molecule has 1 N–H and O–H groups in total. The third-order valence-electron chi connectivity index (χ3n) is 2.79. The lowest BCUT2D eigenvalue weighted by molar-refractivity contribution is 0.475. The first-order valence-corrected chi connectivity index (χ1v) is 5.99. The summed E-state index contributed by atoms with van der Waals surface area (Å²) in [5, 5.41) is 9.92. The van der Waals surface area contributed by atoms with Crippen LogP contribution >= 0.6 is 11.6 Å².